The Hall–Kier alpha value is -12.9. The summed E-state index contributed by atoms with van der Waals surface area (Å²) < 4.78 is 0. The van der Waals surface area contributed by atoms with Crippen molar-refractivity contribution in [3.8, 4) is 77.9 Å². The van der Waals surface area contributed by atoms with Gasteiger partial charge in [-0.15, -0.1) is 0 Å². The second kappa shape index (κ2) is 23.9. The lowest BCUT2D eigenvalue weighted by Crippen LogP contribution is -2.17. The molecule has 0 amide bonds. The first-order chi connectivity index (χ1) is 51.1. The number of rotatable bonds is 11. The molecule has 0 fully saturated rings. The normalized spacial score (nSPS) is 13.2. The molecule has 0 radical (unpaired) electrons. The van der Waals surface area contributed by atoms with Crippen LogP contribution in [0.2, 0.25) is 0 Å². The summed E-state index contributed by atoms with van der Waals surface area (Å²) in [5.74, 6) is 0. The van der Waals surface area contributed by atoms with Gasteiger partial charge >= 0.3 is 0 Å². The number of hydrogen-bond acceptors (Lipinski definition) is 2. The van der Waals surface area contributed by atoms with E-state index in [1.807, 2.05) is 0 Å². The summed E-state index contributed by atoms with van der Waals surface area (Å²) >= 11 is 0. The number of fused-ring (bicyclic) bond motifs is 13. The van der Waals surface area contributed by atoms with Gasteiger partial charge in [0.25, 0.3) is 0 Å². The van der Waals surface area contributed by atoms with Gasteiger partial charge in [-0.3, -0.25) is 0 Å². The Morgan fingerprint density at radius 2 is 0.500 bits per heavy atom. The Balaban J connectivity index is 0.642. The Kier molecular flexibility index (Phi) is 14.0. The molecule has 18 aromatic rings. The largest absolute Gasteiger partial charge is 0.310 e. The average molecular weight is 1330 g/mol. The molecule has 0 spiro atoms. The van der Waals surface area contributed by atoms with E-state index in [2.05, 4.69) is 401 Å². The first-order valence-electron chi connectivity index (χ1n) is 36.4. The van der Waals surface area contributed by atoms with E-state index in [4.69, 9.17) is 0 Å². The quantitative estimate of drug-likeness (QED) is 0.0941. The third-order valence-corrected chi connectivity index (χ3v) is 23.0. The number of hydrogen-bond donors (Lipinski definition) is 0. The maximum absolute atomic E-state index is 2.50. The number of benzene rings is 18. The predicted molar refractivity (Wildman–Crippen MR) is 443 cm³/mol. The van der Waals surface area contributed by atoms with Gasteiger partial charge in [0.2, 0.25) is 0 Å². The summed E-state index contributed by atoms with van der Waals surface area (Å²) in [6.07, 6.45) is 0. The first kappa shape index (κ1) is 61.0. The van der Waals surface area contributed by atoms with E-state index in [0.29, 0.717) is 0 Å². The smallest absolute Gasteiger partial charge is 0.0540 e. The van der Waals surface area contributed by atoms with E-state index >= 15 is 0 Å². The topological polar surface area (TPSA) is 6.48 Å². The Labute approximate surface area is 607 Å². The van der Waals surface area contributed by atoms with E-state index in [1.165, 1.54) is 154 Å². The zero-order valence-electron chi connectivity index (χ0n) is 58.5. The molecule has 490 valence electrons. The average Bonchev–Trinajstić information content (AvgIpc) is 1.56. The van der Waals surface area contributed by atoms with Crippen LogP contribution in [0.5, 0.6) is 0 Å². The fourth-order valence-corrected chi connectivity index (χ4v) is 17.7. The van der Waals surface area contributed by atoms with Crippen LogP contribution >= 0.6 is 0 Å². The van der Waals surface area contributed by atoms with Crippen LogP contribution in [-0.4, -0.2) is 0 Å². The number of anilines is 6. The van der Waals surface area contributed by atoms with E-state index in [9.17, 15) is 0 Å². The summed E-state index contributed by atoms with van der Waals surface area (Å²) in [5.41, 5.74) is 28.7. The zero-order chi connectivity index (χ0) is 69.4. The molecule has 0 heterocycles. The minimum atomic E-state index is -0.295. The summed E-state index contributed by atoms with van der Waals surface area (Å²) in [4.78, 5) is 4.97. The molecule has 0 unspecified atom stereocenters. The highest BCUT2D eigenvalue weighted by Gasteiger charge is 2.39. The van der Waals surface area contributed by atoms with Crippen molar-refractivity contribution in [3.05, 3.63) is 386 Å². The van der Waals surface area contributed by atoms with Crippen LogP contribution in [0, 0.1) is 0 Å². The maximum Gasteiger partial charge on any atom is 0.0540 e. The second-order valence-electron chi connectivity index (χ2n) is 29.5. The molecule has 0 atom stereocenters. The lowest BCUT2D eigenvalue weighted by atomic mass is 9.81. The van der Waals surface area contributed by atoms with E-state index in [-0.39, 0.29) is 10.8 Å². The van der Waals surface area contributed by atoms with Gasteiger partial charge in [-0.25, -0.2) is 0 Å². The molecule has 0 bridgehead atoms. The minimum Gasteiger partial charge on any atom is -0.310 e. The molecule has 0 saturated heterocycles. The van der Waals surface area contributed by atoms with Crippen LogP contribution in [0.4, 0.5) is 34.1 Å². The van der Waals surface area contributed by atoms with Crippen molar-refractivity contribution in [3.63, 3.8) is 0 Å². The van der Waals surface area contributed by atoms with Crippen LogP contribution in [0.25, 0.3) is 143 Å². The van der Waals surface area contributed by atoms with Crippen LogP contribution in [-0.2, 0) is 10.8 Å². The van der Waals surface area contributed by atoms with Crippen LogP contribution in [0.1, 0.15) is 49.9 Å². The molecule has 0 aromatic heterocycles. The molecule has 18 aromatic carbocycles. The van der Waals surface area contributed by atoms with E-state index in [1.54, 1.807) is 0 Å². The highest BCUT2D eigenvalue weighted by Crippen LogP contribution is 2.56. The summed E-state index contributed by atoms with van der Waals surface area (Å²) in [7, 11) is 0. The third kappa shape index (κ3) is 9.85. The standard InChI is InChI=1S/C102H72N2/c1-101(2)95-61-74(83-34-20-27-65-23-10-12-28-81(65)83)44-50-91(95)93-54-49-80(64-98(93)101)104(78-47-52-85-73(59-78)42-41-67-24-11-13-29-82(67)85)100-36-19-17-31-88(100)69-39-37-68(38-40-69)84-55-56-86(90-33-15-14-32-89(84)90)75-45-51-92-94-53-48-79(63-97(94)102(3,4)96(92)62-75)103(99-35-18-16-30-87(99)66-21-6-5-7-22-66)77-46-43-72-57-70-25-8-9-26-71(70)58-76(72)60-77/h5-64H,1-4H3. The summed E-state index contributed by atoms with van der Waals surface area (Å²) in [6, 6.07) is 136. The van der Waals surface area contributed by atoms with E-state index in [0.717, 1.165) is 45.3 Å². The SMILES string of the molecule is CC1(C)c2cc(-c3cccc4ccccc34)ccc2-c2ccc(N(c3ccc4c(ccc5ccccc54)c3)c3ccccc3-c3ccc(-c4ccc(-c5ccc6c(c5)C(C)(C)c5cc(N(c7ccc8cc9ccccc9cc8c7)c7ccccc7-c7ccccc7)ccc5-6)c5ccccc45)cc3)cc21. The van der Waals surface area contributed by atoms with Crippen molar-refractivity contribution >= 4 is 98.8 Å². The van der Waals surface area contributed by atoms with Crippen molar-refractivity contribution in [1.29, 1.82) is 0 Å². The maximum atomic E-state index is 2.50. The lowest BCUT2D eigenvalue weighted by molar-refractivity contribution is 0.660. The highest BCUT2D eigenvalue weighted by molar-refractivity contribution is 6.10. The highest BCUT2D eigenvalue weighted by atomic mass is 15.2. The van der Waals surface area contributed by atoms with Gasteiger partial charge in [0, 0.05) is 44.7 Å². The molecule has 2 aliphatic rings. The molecule has 0 N–H and O–H groups in total. The Morgan fingerprint density at radius 1 is 0.173 bits per heavy atom. The van der Waals surface area contributed by atoms with Crippen molar-refractivity contribution < 1.29 is 0 Å². The van der Waals surface area contributed by atoms with Gasteiger partial charge in [-0.2, -0.15) is 0 Å². The second-order valence-corrected chi connectivity index (χ2v) is 29.5. The Morgan fingerprint density at radius 3 is 1.09 bits per heavy atom. The predicted octanol–water partition coefficient (Wildman–Crippen LogP) is 28.5. The monoisotopic (exact) mass is 1320 g/mol. The van der Waals surface area contributed by atoms with Crippen molar-refractivity contribution in [2.75, 3.05) is 9.80 Å². The fraction of sp³-hybridized carbons (Fsp3) is 0.0588. The lowest BCUT2D eigenvalue weighted by Gasteiger charge is -2.30. The third-order valence-electron chi connectivity index (χ3n) is 23.0. The molecular weight excluding hydrogens is 1250 g/mol. The van der Waals surface area contributed by atoms with Gasteiger partial charge in [-0.05, 0) is 239 Å². The minimum absolute atomic E-state index is 0.262. The van der Waals surface area contributed by atoms with Crippen LogP contribution in [0.3, 0.4) is 0 Å². The molecule has 2 nitrogen and oxygen atoms in total. The van der Waals surface area contributed by atoms with Crippen LogP contribution < -0.4 is 9.80 Å². The fourth-order valence-electron chi connectivity index (χ4n) is 17.7. The number of para-hydroxylation sites is 2. The first-order valence-corrected chi connectivity index (χ1v) is 36.4. The molecular formula is C102H72N2. The molecule has 2 aliphatic carbocycles. The molecule has 104 heavy (non-hydrogen) atoms. The van der Waals surface area contributed by atoms with Crippen molar-refractivity contribution in [1.82, 2.24) is 0 Å². The van der Waals surface area contributed by atoms with Crippen LogP contribution in [0.15, 0.2) is 364 Å². The van der Waals surface area contributed by atoms with Gasteiger partial charge in [0.1, 0.15) is 0 Å². The molecule has 20 rings (SSSR count). The molecule has 0 saturated carbocycles. The van der Waals surface area contributed by atoms with E-state index < -0.39 is 0 Å². The Bertz CT molecular complexity index is 6550. The summed E-state index contributed by atoms with van der Waals surface area (Å²) in [5, 5.41) is 14.9. The van der Waals surface area contributed by atoms with Gasteiger partial charge in [-0.1, -0.05) is 307 Å². The van der Waals surface area contributed by atoms with Crippen molar-refractivity contribution in [2.45, 2.75) is 38.5 Å². The van der Waals surface area contributed by atoms with Crippen molar-refractivity contribution in [2.24, 2.45) is 0 Å². The van der Waals surface area contributed by atoms with Gasteiger partial charge in [0.05, 0.1) is 11.4 Å². The zero-order valence-corrected chi connectivity index (χ0v) is 58.5. The molecule has 0 aliphatic heterocycles. The van der Waals surface area contributed by atoms with Gasteiger partial charge < -0.3 is 9.80 Å². The summed E-state index contributed by atoms with van der Waals surface area (Å²) in [6.45, 7) is 9.64. The van der Waals surface area contributed by atoms with Gasteiger partial charge in [0.15, 0.2) is 0 Å². The molecule has 2 heteroatoms. The number of nitrogens with zero attached hydrogens (tertiary/aromatic N) is 2.